The molecule has 4 heterocycles. The van der Waals surface area contributed by atoms with Gasteiger partial charge in [-0.2, -0.15) is 0 Å². The fourth-order valence-electron chi connectivity index (χ4n) is 7.11. The number of ether oxygens (including phenoxy) is 3. The van der Waals surface area contributed by atoms with Crippen LogP contribution >= 0.6 is 0 Å². The van der Waals surface area contributed by atoms with Crippen LogP contribution in [0.3, 0.4) is 0 Å². The summed E-state index contributed by atoms with van der Waals surface area (Å²) in [6.45, 7) is 14.5. The van der Waals surface area contributed by atoms with Crippen LogP contribution < -0.4 is 0 Å². The van der Waals surface area contributed by atoms with E-state index in [1.165, 1.54) is 6.08 Å². The standard InChI is InChI=1S/C29H45N3O7/c1-4-12-31(15-14-30-16-20-37-21-17-30)26(35)24-29-11-10-28(6-3,39-29)23(27(36)38-19-5-2)22(29)25(34)32(24)13-8-7-9-18-33/h4-5,22-24,33H,1-2,6-21H2,3H3/t22-,23-,24?,28+,29?/m0/s1. The fraction of sp³-hybridized carbons (Fsp3) is 0.759. The molecule has 2 bridgehead atoms. The molecule has 4 aliphatic rings. The first-order chi connectivity index (χ1) is 18.9. The first-order valence-corrected chi connectivity index (χ1v) is 14.5. The van der Waals surface area contributed by atoms with Crippen LogP contribution in [0.25, 0.3) is 0 Å². The maximum absolute atomic E-state index is 14.4. The maximum Gasteiger partial charge on any atom is 0.313 e. The molecule has 1 N–H and O–H groups in total. The molecule has 218 valence electrons. The maximum atomic E-state index is 14.4. The number of aliphatic hydroxyl groups excluding tert-OH is 1. The Balaban J connectivity index is 1.65. The predicted molar refractivity (Wildman–Crippen MR) is 145 cm³/mol. The summed E-state index contributed by atoms with van der Waals surface area (Å²) in [5, 5.41) is 9.25. The molecule has 0 aromatic rings. The zero-order chi connectivity index (χ0) is 28.0. The molecular weight excluding hydrogens is 502 g/mol. The van der Waals surface area contributed by atoms with Gasteiger partial charge in [0, 0.05) is 45.9 Å². The van der Waals surface area contributed by atoms with E-state index >= 15 is 0 Å². The molecule has 5 atom stereocenters. The lowest BCUT2D eigenvalue weighted by Crippen LogP contribution is -2.57. The number of hydrogen-bond donors (Lipinski definition) is 1. The molecule has 2 unspecified atom stereocenters. The van der Waals surface area contributed by atoms with E-state index in [-0.39, 0.29) is 25.0 Å². The van der Waals surface area contributed by atoms with E-state index in [0.717, 1.165) is 19.5 Å². The summed E-state index contributed by atoms with van der Waals surface area (Å²) in [7, 11) is 0. The number of carbonyl (C=O) groups is 3. The number of unbranched alkanes of at least 4 members (excludes halogenated alkanes) is 2. The average Bonchev–Trinajstić information content (AvgIpc) is 3.56. The smallest absolute Gasteiger partial charge is 0.313 e. The van der Waals surface area contributed by atoms with Gasteiger partial charge in [-0.05, 0) is 38.5 Å². The molecule has 4 rings (SSSR count). The van der Waals surface area contributed by atoms with Gasteiger partial charge in [-0.25, -0.2) is 0 Å². The molecule has 0 saturated carbocycles. The topological polar surface area (TPSA) is 109 Å². The summed E-state index contributed by atoms with van der Waals surface area (Å²) >= 11 is 0. The zero-order valence-electron chi connectivity index (χ0n) is 23.4. The number of amides is 2. The van der Waals surface area contributed by atoms with Crippen molar-refractivity contribution in [2.75, 3.05) is 65.7 Å². The zero-order valence-corrected chi connectivity index (χ0v) is 23.4. The predicted octanol–water partition coefficient (Wildman–Crippen LogP) is 1.38. The summed E-state index contributed by atoms with van der Waals surface area (Å²) in [5.74, 6) is -2.35. The molecule has 2 amide bonds. The quantitative estimate of drug-likeness (QED) is 0.186. The van der Waals surface area contributed by atoms with E-state index in [2.05, 4.69) is 18.1 Å². The Bertz CT molecular complexity index is 923. The van der Waals surface area contributed by atoms with Crippen LogP contribution in [0.15, 0.2) is 25.3 Å². The van der Waals surface area contributed by atoms with Gasteiger partial charge >= 0.3 is 5.97 Å². The molecule has 4 aliphatic heterocycles. The Labute approximate surface area is 231 Å². The molecule has 0 aromatic carbocycles. The molecule has 10 nitrogen and oxygen atoms in total. The van der Waals surface area contributed by atoms with Gasteiger partial charge in [0.2, 0.25) is 11.8 Å². The van der Waals surface area contributed by atoms with E-state index in [1.807, 2.05) is 6.92 Å². The number of nitrogens with zero attached hydrogens (tertiary/aromatic N) is 3. The third-order valence-electron chi connectivity index (χ3n) is 9.02. The normalized spacial score (nSPS) is 31.8. The molecule has 0 aliphatic carbocycles. The lowest BCUT2D eigenvalue weighted by molar-refractivity contribution is -0.161. The van der Waals surface area contributed by atoms with Gasteiger partial charge < -0.3 is 29.1 Å². The highest BCUT2D eigenvalue weighted by molar-refractivity contribution is 5.98. The largest absolute Gasteiger partial charge is 0.461 e. The molecule has 4 fully saturated rings. The van der Waals surface area contributed by atoms with Crippen molar-refractivity contribution in [1.29, 1.82) is 0 Å². The van der Waals surface area contributed by atoms with Gasteiger partial charge in [-0.3, -0.25) is 19.3 Å². The first kappa shape index (κ1) is 29.7. The summed E-state index contributed by atoms with van der Waals surface area (Å²) in [6.07, 6.45) is 6.93. The second kappa shape index (κ2) is 12.9. The van der Waals surface area contributed by atoms with Crippen molar-refractivity contribution in [3.8, 4) is 0 Å². The lowest BCUT2D eigenvalue weighted by Gasteiger charge is -2.37. The third-order valence-corrected chi connectivity index (χ3v) is 9.02. The number of morpholine rings is 1. The summed E-state index contributed by atoms with van der Waals surface area (Å²) in [5.41, 5.74) is -1.89. The Morgan fingerprint density at radius 2 is 1.92 bits per heavy atom. The highest BCUT2D eigenvalue weighted by atomic mass is 16.6. The molecule has 39 heavy (non-hydrogen) atoms. The summed E-state index contributed by atoms with van der Waals surface area (Å²) in [4.78, 5) is 47.6. The van der Waals surface area contributed by atoms with Crippen LogP contribution in [0.4, 0.5) is 0 Å². The van der Waals surface area contributed by atoms with Crippen LogP contribution in [-0.2, 0) is 28.6 Å². The van der Waals surface area contributed by atoms with Crippen molar-refractivity contribution < 1.29 is 33.7 Å². The van der Waals surface area contributed by atoms with Crippen molar-refractivity contribution in [3.63, 3.8) is 0 Å². The van der Waals surface area contributed by atoms with Gasteiger partial charge in [0.15, 0.2) is 0 Å². The Morgan fingerprint density at radius 3 is 2.59 bits per heavy atom. The van der Waals surface area contributed by atoms with Crippen molar-refractivity contribution in [2.45, 2.75) is 62.7 Å². The van der Waals surface area contributed by atoms with Gasteiger partial charge in [-0.1, -0.05) is 25.7 Å². The van der Waals surface area contributed by atoms with E-state index < -0.39 is 35.0 Å². The van der Waals surface area contributed by atoms with Crippen molar-refractivity contribution in [2.24, 2.45) is 11.8 Å². The van der Waals surface area contributed by atoms with E-state index in [4.69, 9.17) is 14.2 Å². The molecule has 1 spiro atoms. The molecule has 4 saturated heterocycles. The second-order valence-electron chi connectivity index (χ2n) is 11.1. The third kappa shape index (κ3) is 5.53. The molecule has 10 heteroatoms. The SMILES string of the molecule is C=CCOC(=O)[C@@H]1[C@H]2C(=O)N(CCCCCO)C(C(=O)N(CC=C)CCN3CCOCC3)C23CC[C@@]1(CC)O3. The van der Waals surface area contributed by atoms with Crippen LogP contribution in [0.2, 0.25) is 0 Å². The van der Waals surface area contributed by atoms with Crippen molar-refractivity contribution in [3.05, 3.63) is 25.3 Å². The van der Waals surface area contributed by atoms with Gasteiger partial charge in [0.25, 0.3) is 0 Å². The molecular formula is C29H45N3O7. The number of hydrogen-bond acceptors (Lipinski definition) is 8. The van der Waals surface area contributed by atoms with E-state index in [0.29, 0.717) is 71.5 Å². The number of carbonyl (C=O) groups excluding carboxylic acids is 3. The number of fused-ring (bicyclic) bond motifs is 1. The second-order valence-corrected chi connectivity index (χ2v) is 11.1. The highest BCUT2D eigenvalue weighted by Crippen LogP contribution is 2.64. The van der Waals surface area contributed by atoms with Gasteiger partial charge in [0.1, 0.15) is 24.2 Å². The van der Waals surface area contributed by atoms with Crippen molar-refractivity contribution in [1.82, 2.24) is 14.7 Å². The lowest BCUT2D eigenvalue weighted by atomic mass is 9.65. The molecule has 0 radical (unpaired) electrons. The minimum atomic E-state index is -1.07. The minimum absolute atomic E-state index is 0.0604. The van der Waals surface area contributed by atoms with Crippen LogP contribution in [0.1, 0.15) is 45.4 Å². The summed E-state index contributed by atoms with van der Waals surface area (Å²) in [6, 6.07) is -0.820. The summed E-state index contributed by atoms with van der Waals surface area (Å²) < 4.78 is 17.7. The Hall–Kier alpha value is -2.27. The van der Waals surface area contributed by atoms with E-state index in [9.17, 15) is 19.5 Å². The number of aliphatic hydroxyl groups is 1. The number of esters is 1. The van der Waals surface area contributed by atoms with Crippen molar-refractivity contribution >= 4 is 17.8 Å². The number of likely N-dealkylation sites (tertiary alicyclic amines) is 1. The van der Waals surface area contributed by atoms with E-state index in [1.54, 1.807) is 15.9 Å². The average molecular weight is 548 g/mol. The minimum Gasteiger partial charge on any atom is -0.461 e. The molecule has 0 aromatic heterocycles. The van der Waals surface area contributed by atoms with Crippen LogP contribution in [-0.4, -0.2) is 121 Å². The van der Waals surface area contributed by atoms with Gasteiger partial charge in [-0.15, -0.1) is 6.58 Å². The highest BCUT2D eigenvalue weighted by Gasteiger charge is 2.79. The van der Waals surface area contributed by atoms with Gasteiger partial charge in [0.05, 0.1) is 24.7 Å². The monoisotopic (exact) mass is 547 g/mol. The van der Waals surface area contributed by atoms with Crippen LogP contribution in [0, 0.1) is 11.8 Å². The van der Waals surface area contributed by atoms with Crippen LogP contribution in [0.5, 0.6) is 0 Å². The number of rotatable bonds is 15. The fourth-order valence-corrected chi connectivity index (χ4v) is 7.11. The Kier molecular flexibility index (Phi) is 9.85. The Morgan fingerprint density at radius 1 is 1.15 bits per heavy atom. The first-order valence-electron chi connectivity index (χ1n) is 14.5.